The molecule has 9 nitrogen and oxygen atoms in total. The Hall–Kier alpha value is -3.23. The van der Waals surface area contributed by atoms with Crippen LogP contribution < -0.4 is 20.1 Å². The van der Waals surface area contributed by atoms with Gasteiger partial charge in [-0.1, -0.05) is 6.92 Å². The Kier molecular flexibility index (Phi) is 7.25. The second kappa shape index (κ2) is 9.63. The van der Waals surface area contributed by atoms with Crippen molar-refractivity contribution in [2.45, 2.75) is 26.3 Å². The normalized spacial score (nSPS) is 16.0. The number of hydrogen-bond donors (Lipinski definition) is 2. The van der Waals surface area contributed by atoms with Crippen molar-refractivity contribution in [3.63, 3.8) is 0 Å². The maximum atomic E-state index is 12.5. The number of carbonyl (C=O) groups is 3. The Morgan fingerprint density at radius 2 is 1.64 bits per heavy atom. The average Bonchev–Trinajstić information content (AvgIpc) is 2.70. The summed E-state index contributed by atoms with van der Waals surface area (Å²) in [6, 6.07) is 3.62. The molecule has 0 aromatic heterocycles. The summed E-state index contributed by atoms with van der Waals surface area (Å²) in [6.07, 6.45) is 0.478. The second-order valence-corrected chi connectivity index (χ2v) is 5.85. The summed E-state index contributed by atoms with van der Waals surface area (Å²) >= 11 is 0. The number of methoxy groups -OCH3 is 2. The highest BCUT2D eigenvalue weighted by molar-refractivity contribution is 5.95. The highest BCUT2D eigenvalue weighted by Crippen LogP contribution is 2.23. The molecule has 2 rings (SSSR count). The molecule has 0 bridgehead atoms. The van der Waals surface area contributed by atoms with E-state index in [1.54, 1.807) is 13.0 Å². The summed E-state index contributed by atoms with van der Waals surface area (Å²) in [7, 11) is 2.94. The molecule has 1 aromatic rings. The van der Waals surface area contributed by atoms with Gasteiger partial charge in [-0.2, -0.15) is 0 Å². The molecule has 1 aliphatic heterocycles. The van der Waals surface area contributed by atoms with Crippen molar-refractivity contribution in [2.24, 2.45) is 0 Å². The lowest BCUT2D eigenvalue weighted by Crippen LogP contribution is -2.51. The van der Waals surface area contributed by atoms with E-state index in [1.165, 1.54) is 26.4 Å². The van der Waals surface area contributed by atoms with E-state index >= 15 is 0 Å². The SMILES string of the molecule is CCOC(=O)C1=C(COC(=O)c2cc(OC)cc(OC)c2)NC(=O)N[C@@H]1CC. The van der Waals surface area contributed by atoms with E-state index in [1.807, 2.05) is 6.92 Å². The van der Waals surface area contributed by atoms with E-state index in [4.69, 9.17) is 18.9 Å². The van der Waals surface area contributed by atoms with Gasteiger partial charge in [0.1, 0.15) is 18.1 Å². The van der Waals surface area contributed by atoms with Crippen molar-refractivity contribution in [3.8, 4) is 11.5 Å². The summed E-state index contributed by atoms with van der Waals surface area (Å²) in [5.41, 5.74) is 0.638. The van der Waals surface area contributed by atoms with Gasteiger partial charge in [0, 0.05) is 6.07 Å². The standard InChI is InChI=1S/C19H24N2O7/c1-5-14-16(18(23)27-6-2)15(21-19(24)20-14)10-28-17(22)11-7-12(25-3)9-13(8-11)26-4/h7-9,14H,5-6,10H2,1-4H3,(H2,20,21,24)/t14-/m1/s1. The highest BCUT2D eigenvalue weighted by Gasteiger charge is 2.32. The summed E-state index contributed by atoms with van der Waals surface area (Å²) in [5, 5.41) is 5.18. The quantitative estimate of drug-likeness (QED) is 0.649. The lowest BCUT2D eigenvalue weighted by molar-refractivity contribution is -0.139. The van der Waals surface area contributed by atoms with Crippen LogP contribution in [0.4, 0.5) is 4.79 Å². The van der Waals surface area contributed by atoms with Crippen LogP contribution >= 0.6 is 0 Å². The lowest BCUT2D eigenvalue weighted by atomic mass is 10.0. The van der Waals surface area contributed by atoms with Crippen LogP contribution in [0.15, 0.2) is 29.5 Å². The predicted molar refractivity (Wildman–Crippen MR) is 99.2 cm³/mol. The number of rotatable bonds is 8. The number of hydrogen-bond acceptors (Lipinski definition) is 7. The molecule has 0 unspecified atom stereocenters. The molecule has 1 aliphatic rings. The molecule has 2 N–H and O–H groups in total. The van der Waals surface area contributed by atoms with Crippen LogP contribution in [-0.2, 0) is 14.3 Å². The Bertz CT molecular complexity index is 766. The second-order valence-electron chi connectivity index (χ2n) is 5.85. The van der Waals surface area contributed by atoms with Crippen LogP contribution in [0.5, 0.6) is 11.5 Å². The average molecular weight is 392 g/mol. The predicted octanol–water partition coefficient (Wildman–Crippen LogP) is 1.77. The van der Waals surface area contributed by atoms with Gasteiger partial charge in [0.05, 0.1) is 43.7 Å². The maximum absolute atomic E-state index is 12.5. The summed E-state index contributed by atoms with van der Waals surface area (Å²) < 4.78 is 20.7. The van der Waals surface area contributed by atoms with Crippen molar-refractivity contribution in [1.29, 1.82) is 0 Å². The number of amides is 2. The molecule has 0 saturated carbocycles. The Labute approximate surface area is 163 Å². The first-order valence-corrected chi connectivity index (χ1v) is 8.81. The van der Waals surface area contributed by atoms with Crippen LogP contribution in [0, 0.1) is 0 Å². The molecule has 28 heavy (non-hydrogen) atoms. The molecule has 1 atom stereocenters. The molecule has 0 radical (unpaired) electrons. The number of carbonyl (C=O) groups excluding carboxylic acids is 3. The zero-order chi connectivity index (χ0) is 20.7. The minimum Gasteiger partial charge on any atom is -0.497 e. The number of urea groups is 1. The van der Waals surface area contributed by atoms with Crippen molar-refractivity contribution < 1.29 is 33.3 Å². The van der Waals surface area contributed by atoms with E-state index in [0.717, 1.165) is 0 Å². The molecule has 9 heteroatoms. The fourth-order valence-electron chi connectivity index (χ4n) is 2.72. The van der Waals surface area contributed by atoms with Crippen molar-refractivity contribution in [1.82, 2.24) is 10.6 Å². The largest absolute Gasteiger partial charge is 0.497 e. The molecule has 152 valence electrons. The van der Waals surface area contributed by atoms with E-state index in [0.29, 0.717) is 17.9 Å². The third-order valence-corrected chi connectivity index (χ3v) is 4.08. The minimum atomic E-state index is -0.659. The van der Waals surface area contributed by atoms with Gasteiger partial charge in [-0.25, -0.2) is 14.4 Å². The maximum Gasteiger partial charge on any atom is 0.338 e. The third kappa shape index (κ3) is 4.93. The van der Waals surface area contributed by atoms with Crippen LogP contribution in [0.1, 0.15) is 30.6 Å². The number of ether oxygens (including phenoxy) is 4. The van der Waals surface area contributed by atoms with E-state index in [-0.39, 0.29) is 30.0 Å². The molecule has 0 saturated heterocycles. The molecule has 1 heterocycles. The van der Waals surface area contributed by atoms with Crippen LogP contribution in [-0.4, -0.2) is 51.4 Å². The van der Waals surface area contributed by atoms with Crippen molar-refractivity contribution in [3.05, 3.63) is 35.0 Å². The van der Waals surface area contributed by atoms with Gasteiger partial charge < -0.3 is 29.6 Å². The number of nitrogens with one attached hydrogen (secondary N) is 2. The fourth-order valence-corrected chi connectivity index (χ4v) is 2.72. The number of benzene rings is 1. The third-order valence-electron chi connectivity index (χ3n) is 4.08. The van der Waals surface area contributed by atoms with Gasteiger partial charge in [-0.05, 0) is 25.5 Å². The molecule has 1 aromatic carbocycles. The topological polar surface area (TPSA) is 112 Å². The Morgan fingerprint density at radius 1 is 1.00 bits per heavy atom. The first-order valence-electron chi connectivity index (χ1n) is 8.81. The Balaban J connectivity index is 2.24. The van der Waals surface area contributed by atoms with Gasteiger partial charge in [0.25, 0.3) is 0 Å². The summed E-state index contributed by atoms with van der Waals surface area (Å²) in [4.78, 5) is 36.6. The molecule has 2 amide bonds. The first-order chi connectivity index (χ1) is 13.4. The zero-order valence-electron chi connectivity index (χ0n) is 16.3. The monoisotopic (exact) mass is 392 g/mol. The molecular weight excluding hydrogens is 368 g/mol. The van der Waals surface area contributed by atoms with Gasteiger partial charge in [-0.15, -0.1) is 0 Å². The summed E-state index contributed by atoms with van der Waals surface area (Å²) in [6.45, 7) is 3.39. The minimum absolute atomic E-state index is 0.184. The van der Waals surface area contributed by atoms with Crippen molar-refractivity contribution >= 4 is 18.0 Å². The molecule has 0 spiro atoms. The van der Waals surface area contributed by atoms with Gasteiger partial charge in [0.15, 0.2) is 0 Å². The van der Waals surface area contributed by atoms with Gasteiger partial charge >= 0.3 is 18.0 Å². The zero-order valence-corrected chi connectivity index (χ0v) is 16.3. The fraction of sp³-hybridized carbons (Fsp3) is 0.421. The van der Waals surface area contributed by atoms with Gasteiger partial charge in [-0.3, -0.25) is 0 Å². The lowest BCUT2D eigenvalue weighted by Gasteiger charge is -2.28. The van der Waals surface area contributed by atoms with Crippen LogP contribution in [0.2, 0.25) is 0 Å². The van der Waals surface area contributed by atoms with Gasteiger partial charge in [0.2, 0.25) is 0 Å². The van der Waals surface area contributed by atoms with Crippen molar-refractivity contribution in [2.75, 3.05) is 27.4 Å². The van der Waals surface area contributed by atoms with E-state index < -0.39 is 24.0 Å². The highest BCUT2D eigenvalue weighted by atomic mass is 16.5. The number of esters is 2. The van der Waals surface area contributed by atoms with Crippen LogP contribution in [0.3, 0.4) is 0 Å². The van der Waals surface area contributed by atoms with Crippen LogP contribution in [0.25, 0.3) is 0 Å². The summed E-state index contributed by atoms with van der Waals surface area (Å²) in [5.74, 6) is -0.373. The molecular formula is C19H24N2O7. The van der Waals surface area contributed by atoms with E-state index in [2.05, 4.69) is 10.6 Å². The molecule has 0 aliphatic carbocycles. The molecule has 0 fully saturated rings. The smallest absolute Gasteiger partial charge is 0.338 e. The van der Waals surface area contributed by atoms with E-state index in [9.17, 15) is 14.4 Å². The Morgan fingerprint density at radius 3 is 2.18 bits per heavy atom. The first kappa shape index (κ1) is 21.1.